The lowest BCUT2D eigenvalue weighted by Gasteiger charge is -2.37. The van der Waals surface area contributed by atoms with E-state index in [0.29, 0.717) is 19.8 Å². The second-order valence-corrected chi connectivity index (χ2v) is 12.4. The van der Waals surface area contributed by atoms with Crippen molar-refractivity contribution in [2.75, 3.05) is 49.2 Å². The van der Waals surface area contributed by atoms with Crippen molar-refractivity contribution in [1.29, 1.82) is 0 Å². The predicted octanol–water partition coefficient (Wildman–Crippen LogP) is 3.73. The molecule has 5 aromatic rings. The molecule has 0 aliphatic carbocycles. The maximum atomic E-state index is 12.8. The summed E-state index contributed by atoms with van der Waals surface area (Å²) < 4.78 is 23.5. The number of anilines is 2. The Morgan fingerprint density at radius 1 is 0.978 bits per heavy atom. The second-order valence-electron chi connectivity index (χ2n) is 11.5. The van der Waals surface area contributed by atoms with Crippen molar-refractivity contribution in [2.45, 2.75) is 44.7 Å². The molecule has 3 atom stereocenters. The Morgan fingerprint density at radius 2 is 1.67 bits per heavy atom. The molecule has 2 aliphatic rings. The van der Waals surface area contributed by atoms with E-state index in [1.807, 2.05) is 36.6 Å². The fourth-order valence-electron chi connectivity index (χ4n) is 5.81. The first-order valence-corrected chi connectivity index (χ1v) is 16.4. The van der Waals surface area contributed by atoms with Crippen molar-refractivity contribution in [2.24, 2.45) is 0 Å². The Hall–Kier alpha value is -4.53. The van der Waals surface area contributed by atoms with E-state index < -0.39 is 5.79 Å². The van der Waals surface area contributed by atoms with E-state index in [1.165, 1.54) is 17.7 Å². The summed E-state index contributed by atoms with van der Waals surface area (Å²) >= 11 is 1.49. The summed E-state index contributed by atoms with van der Waals surface area (Å²) in [5.74, 6) is -0.233. The fraction of sp³-hybridized carbons (Fsp3) is 0.406. The number of hydrogen-bond acceptors (Lipinski definition) is 11. The van der Waals surface area contributed by atoms with E-state index in [-0.39, 0.29) is 17.8 Å². The Morgan fingerprint density at radius 3 is 2.30 bits per heavy atom. The molecule has 2 aliphatic heterocycles. The standard InChI is InChI=1S/C32H37N9O4S/c1-3-24(2)41-31(42)40(23-36-41)27-6-4-25(5-7-27)37-13-15-38(16-14-37)26-8-10-28(11-9-26)43-18-29-19-44-32(45-29,30-34-12-17-46-30)20-39-22-33-21-35-39/h4-12,17,21-24,29H,3,13-16,18-20H2,1-2H3/t24-,29?,32?/m1/s1. The van der Waals surface area contributed by atoms with E-state index >= 15 is 0 Å². The molecule has 2 unspecified atom stereocenters. The van der Waals surface area contributed by atoms with Crippen molar-refractivity contribution in [1.82, 2.24) is 34.1 Å². The van der Waals surface area contributed by atoms with Crippen molar-refractivity contribution in [3.63, 3.8) is 0 Å². The van der Waals surface area contributed by atoms with Gasteiger partial charge in [-0.3, -0.25) is 0 Å². The van der Waals surface area contributed by atoms with Gasteiger partial charge < -0.3 is 24.0 Å². The number of ether oxygens (including phenoxy) is 3. The molecule has 13 nitrogen and oxygen atoms in total. The van der Waals surface area contributed by atoms with Gasteiger partial charge in [-0.2, -0.15) is 10.2 Å². The molecule has 240 valence electrons. The van der Waals surface area contributed by atoms with E-state index in [2.05, 4.69) is 61.2 Å². The van der Waals surface area contributed by atoms with Gasteiger partial charge in [0.2, 0.25) is 5.79 Å². The Labute approximate surface area is 270 Å². The molecule has 0 N–H and O–H groups in total. The quantitative estimate of drug-likeness (QED) is 0.211. The van der Waals surface area contributed by atoms with Gasteiger partial charge in [0.25, 0.3) is 0 Å². The number of thiazole rings is 1. The molecule has 0 bridgehead atoms. The predicted molar refractivity (Wildman–Crippen MR) is 174 cm³/mol. The summed E-state index contributed by atoms with van der Waals surface area (Å²) in [6.07, 6.45) is 7.08. The highest BCUT2D eigenvalue weighted by atomic mass is 32.1. The van der Waals surface area contributed by atoms with Gasteiger partial charge in [0.05, 0.1) is 18.3 Å². The molecule has 2 aromatic carbocycles. The third kappa shape index (κ3) is 6.15. The topological polar surface area (TPSA) is 118 Å². The average molecular weight is 644 g/mol. The van der Waals surface area contributed by atoms with Gasteiger partial charge in [0, 0.05) is 49.1 Å². The van der Waals surface area contributed by atoms with Crippen LogP contribution in [0, 0.1) is 0 Å². The first kappa shape index (κ1) is 30.1. The largest absolute Gasteiger partial charge is 0.491 e. The highest BCUT2D eigenvalue weighted by molar-refractivity contribution is 7.09. The molecule has 0 saturated carbocycles. The number of nitrogens with zero attached hydrogens (tertiary/aromatic N) is 9. The van der Waals surface area contributed by atoms with Gasteiger partial charge in [0.1, 0.15) is 44.0 Å². The molecular formula is C32H37N9O4S. The van der Waals surface area contributed by atoms with Crippen LogP contribution in [-0.4, -0.2) is 79.6 Å². The van der Waals surface area contributed by atoms with E-state index in [1.54, 1.807) is 32.8 Å². The summed E-state index contributed by atoms with van der Waals surface area (Å²) in [6.45, 7) is 8.77. The monoisotopic (exact) mass is 643 g/mol. The first-order valence-electron chi connectivity index (χ1n) is 15.5. The minimum atomic E-state index is -1.01. The van der Waals surface area contributed by atoms with E-state index in [4.69, 9.17) is 14.2 Å². The number of hydrogen-bond donors (Lipinski definition) is 0. The van der Waals surface area contributed by atoms with Crippen LogP contribution in [0.4, 0.5) is 11.4 Å². The maximum Gasteiger partial charge on any atom is 0.350 e. The third-order valence-corrected chi connectivity index (χ3v) is 9.46. The van der Waals surface area contributed by atoms with Crippen LogP contribution in [0.1, 0.15) is 31.3 Å². The van der Waals surface area contributed by atoms with Crippen molar-refractivity contribution in [3.8, 4) is 11.4 Å². The van der Waals surface area contributed by atoms with Crippen LogP contribution in [0.2, 0.25) is 0 Å². The molecule has 5 heterocycles. The van der Waals surface area contributed by atoms with Gasteiger partial charge in [-0.05, 0) is 61.9 Å². The lowest BCUT2D eigenvalue weighted by molar-refractivity contribution is -0.190. The fourth-order valence-corrected chi connectivity index (χ4v) is 6.53. The van der Waals surface area contributed by atoms with Gasteiger partial charge in [-0.25, -0.2) is 28.7 Å². The minimum absolute atomic E-state index is 0.0717. The molecule has 46 heavy (non-hydrogen) atoms. The van der Waals surface area contributed by atoms with Crippen LogP contribution in [0.5, 0.6) is 5.75 Å². The zero-order chi connectivity index (χ0) is 31.5. The average Bonchev–Trinajstić information content (AvgIpc) is 3.93. The first-order chi connectivity index (χ1) is 22.5. The molecule has 0 radical (unpaired) electrons. The van der Waals surface area contributed by atoms with Gasteiger partial charge in [-0.1, -0.05) is 6.92 Å². The van der Waals surface area contributed by atoms with Crippen LogP contribution in [0.25, 0.3) is 5.69 Å². The number of piperazine rings is 1. The Bertz CT molecular complexity index is 1750. The zero-order valence-electron chi connectivity index (χ0n) is 25.9. The molecule has 14 heteroatoms. The molecule has 2 fully saturated rings. The number of rotatable bonds is 11. The molecule has 0 amide bonds. The number of benzene rings is 2. The molecule has 7 rings (SSSR count). The van der Waals surface area contributed by atoms with Crippen molar-refractivity contribution < 1.29 is 14.2 Å². The zero-order valence-corrected chi connectivity index (χ0v) is 26.7. The second kappa shape index (κ2) is 13.1. The van der Waals surface area contributed by atoms with Crippen LogP contribution >= 0.6 is 11.3 Å². The van der Waals surface area contributed by atoms with Crippen LogP contribution in [0.15, 0.2) is 83.9 Å². The van der Waals surface area contributed by atoms with Crippen LogP contribution < -0.4 is 20.2 Å². The van der Waals surface area contributed by atoms with Crippen LogP contribution in [-0.2, 0) is 21.8 Å². The molecule has 0 spiro atoms. The highest BCUT2D eigenvalue weighted by Crippen LogP contribution is 2.37. The normalized spacial score (nSPS) is 20.7. The van der Waals surface area contributed by atoms with Crippen molar-refractivity contribution in [3.05, 3.63) is 94.6 Å². The van der Waals surface area contributed by atoms with E-state index in [9.17, 15) is 4.79 Å². The molecular weight excluding hydrogens is 606 g/mol. The maximum absolute atomic E-state index is 12.8. The summed E-state index contributed by atoms with van der Waals surface area (Å²) in [5, 5.41) is 11.2. The SMILES string of the molecule is CC[C@@H](C)n1ncn(-c2ccc(N3CCN(c4ccc(OCC5COC(Cn6cncn6)(c6nccs6)O5)cc4)CC3)cc2)c1=O. The Kier molecular flexibility index (Phi) is 8.56. The van der Waals surface area contributed by atoms with Gasteiger partial charge >= 0.3 is 5.69 Å². The van der Waals surface area contributed by atoms with Gasteiger partial charge in [0.15, 0.2) is 5.01 Å². The highest BCUT2D eigenvalue weighted by Gasteiger charge is 2.46. The molecule has 3 aromatic heterocycles. The number of aromatic nitrogens is 7. The minimum Gasteiger partial charge on any atom is -0.491 e. The van der Waals surface area contributed by atoms with Gasteiger partial charge in [-0.15, -0.1) is 11.3 Å². The Balaban J connectivity index is 0.908. The third-order valence-electron chi connectivity index (χ3n) is 8.57. The summed E-state index contributed by atoms with van der Waals surface area (Å²) in [7, 11) is 0. The van der Waals surface area contributed by atoms with Crippen LogP contribution in [0.3, 0.4) is 0 Å². The smallest absolute Gasteiger partial charge is 0.350 e. The van der Waals surface area contributed by atoms with Crippen molar-refractivity contribution >= 4 is 22.7 Å². The summed E-state index contributed by atoms with van der Waals surface area (Å²) in [4.78, 5) is 26.0. The summed E-state index contributed by atoms with van der Waals surface area (Å²) in [5.41, 5.74) is 3.02. The van der Waals surface area contributed by atoms with E-state index in [0.717, 1.165) is 60.4 Å². The lowest BCUT2D eigenvalue weighted by Crippen LogP contribution is -2.46. The molecule has 2 saturated heterocycles. The summed E-state index contributed by atoms with van der Waals surface area (Å²) in [6, 6.07) is 16.4. The lowest BCUT2D eigenvalue weighted by atomic mass is 10.2.